The maximum atomic E-state index is 6.00. The molecule has 4 rings (SSSR count). The standard InChI is InChI=1S/C22H24N4O2S/c1-25(2)18-6-3-17(4-7-18)5-8-19-22(24-21-16-29-15-20(21)23-19)28-14-11-26-9-12-27-13-10-26/h3-4,6-7,15-16H,9-14H2,1-2H3. The van der Waals surface area contributed by atoms with E-state index in [1.165, 1.54) is 0 Å². The fourth-order valence-electron chi connectivity index (χ4n) is 3.03. The number of benzene rings is 1. The molecule has 3 aromatic rings. The third-order valence-electron chi connectivity index (χ3n) is 4.74. The Bertz CT molecular complexity index is 1010. The summed E-state index contributed by atoms with van der Waals surface area (Å²) in [4.78, 5) is 13.7. The van der Waals surface area contributed by atoms with Crippen LogP contribution in [-0.2, 0) is 4.74 Å². The van der Waals surface area contributed by atoms with Crippen molar-refractivity contribution in [1.82, 2.24) is 14.9 Å². The van der Waals surface area contributed by atoms with Crippen molar-refractivity contribution >= 4 is 28.1 Å². The highest BCUT2D eigenvalue weighted by Gasteiger charge is 2.13. The molecular formula is C22H24N4O2S. The van der Waals surface area contributed by atoms with Crippen molar-refractivity contribution in [3.05, 3.63) is 46.3 Å². The summed E-state index contributed by atoms with van der Waals surface area (Å²) in [5, 5.41) is 3.96. The first-order valence-corrected chi connectivity index (χ1v) is 10.6. The normalized spacial score (nSPS) is 14.4. The van der Waals surface area contributed by atoms with Crippen molar-refractivity contribution in [3.63, 3.8) is 0 Å². The molecule has 0 aliphatic carbocycles. The van der Waals surface area contributed by atoms with Crippen LogP contribution in [0, 0.1) is 11.8 Å². The van der Waals surface area contributed by atoms with Gasteiger partial charge in [0.2, 0.25) is 5.88 Å². The number of fused-ring (bicyclic) bond motifs is 1. The predicted octanol–water partition coefficient (Wildman–Crippen LogP) is 2.87. The molecule has 0 spiro atoms. The highest BCUT2D eigenvalue weighted by Crippen LogP contribution is 2.21. The molecule has 3 heterocycles. The van der Waals surface area contributed by atoms with E-state index in [0.29, 0.717) is 18.2 Å². The molecule has 0 atom stereocenters. The molecule has 1 aromatic carbocycles. The van der Waals surface area contributed by atoms with Crippen molar-refractivity contribution < 1.29 is 9.47 Å². The van der Waals surface area contributed by atoms with Crippen LogP contribution < -0.4 is 9.64 Å². The molecule has 0 saturated carbocycles. The monoisotopic (exact) mass is 408 g/mol. The highest BCUT2D eigenvalue weighted by molar-refractivity contribution is 7.09. The summed E-state index contributed by atoms with van der Waals surface area (Å²) >= 11 is 1.58. The van der Waals surface area contributed by atoms with Gasteiger partial charge >= 0.3 is 0 Å². The third kappa shape index (κ3) is 5.04. The Morgan fingerprint density at radius 2 is 1.79 bits per heavy atom. The zero-order valence-electron chi connectivity index (χ0n) is 16.7. The Morgan fingerprint density at radius 3 is 2.52 bits per heavy atom. The van der Waals surface area contributed by atoms with Gasteiger partial charge in [0.05, 0.1) is 13.2 Å². The summed E-state index contributed by atoms with van der Waals surface area (Å²) < 4.78 is 11.4. The Hall–Kier alpha value is -2.66. The summed E-state index contributed by atoms with van der Waals surface area (Å²) in [5.41, 5.74) is 4.35. The van der Waals surface area contributed by atoms with Crippen LogP contribution in [0.5, 0.6) is 5.88 Å². The number of rotatable bonds is 5. The van der Waals surface area contributed by atoms with Crippen LogP contribution in [0.25, 0.3) is 11.0 Å². The topological polar surface area (TPSA) is 50.7 Å². The maximum Gasteiger partial charge on any atom is 0.249 e. The zero-order chi connectivity index (χ0) is 20.1. The lowest BCUT2D eigenvalue weighted by Crippen LogP contribution is -2.38. The second-order valence-corrected chi connectivity index (χ2v) is 7.76. The van der Waals surface area contributed by atoms with Crippen molar-refractivity contribution in [3.8, 4) is 17.7 Å². The largest absolute Gasteiger partial charge is 0.474 e. The van der Waals surface area contributed by atoms with Crippen LogP contribution in [-0.4, -0.2) is 68.4 Å². The Morgan fingerprint density at radius 1 is 1.07 bits per heavy atom. The van der Waals surface area contributed by atoms with Gasteiger partial charge < -0.3 is 14.4 Å². The summed E-state index contributed by atoms with van der Waals surface area (Å²) in [7, 11) is 4.04. The number of ether oxygens (including phenoxy) is 2. The van der Waals surface area contributed by atoms with Crippen LogP contribution in [0.3, 0.4) is 0 Å². The predicted molar refractivity (Wildman–Crippen MR) is 117 cm³/mol. The first-order valence-electron chi connectivity index (χ1n) is 9.65. The Balaban J connectivity index is 1.52. The van der Waals surface area contributed by atoms with E-state index in [9.17, 15) is 0 Å². The molecule has 7 heteroatoms. The van der Waals surface area contributed by atoms with Gasteiger partial charge in [0.1, 0.15) is 17.6 Å². The summed E-state index contributed by atoms with van der Waals surface area (Å²) in [6.45, 7) is 4.83. The zero-order valence-corrected chi connectivity index (χ0v) is 17.5. The number of nitrogens with zero attached hydrogens (tertiary/aromatic N) is 4. The second-order valence-electron chi connectivity index (χ2n) is 7.01. The van der Waals surface area contributed by atoms with Gasteiger partial charge in [0.15, 0.2) is 5.69 Å². The number of morpholine rings is 1. The molecule has 29 heavy (non-hydrogen) atoms. The van der Waals surface area contributed by atoms with Crippen LogP contribution in [0.4, 0.5) is 5.69 Å². The van der Waals surface area contributed by atoms with E-state index < -0.39 is 0 Å². The molecule has 0 amide bonds. The van der Waals surface area contributed by atoms with E-state index >= 15 is 0 Å². The number of aromatic nitrogens is 2. The van der Waals surface area contributed by atoms with Gasteiger partial charge in [-0.05, 0) is 30.2 Å². The molecular weight excluding hydrogens is 384 g/mol. The van der Waals surface area contributed by atoms with Gasteiger partial charge in [-0.25, -0.2) is 9.97 Å². The average Bonchev–Trinajstić information content (AvgIpc) is 3.20. The van der Waals surface area contributed by atoms with E-state index in [-0.39, 0.29) is 0 Å². The first-order chi connectivity index (χ1) is 14.2. The number of hydrogen-bond acceptors (Lipinski definition) is 7. The van der Waals surface area contributed by atoms with Gasteiger partial charge in [-0.2, -0.15) is 0 Å². The summed E-state index contributed by atoms with van der Waals surface area (Å²) in [6, 6.07) is 8.13. The molecule has 1 fully saturated rings. The van der Waals surface area contributed by atoms with Gasteiger partial charge in [-0.15, -0.1) is 11.3 Å². The SMILES string of the molecule is CN(C)c1ccc(C#Cc2nc3cscc3nc2OCCN2CCOCC2)cc1. The molecule has 6 nitrogen and oxygen atoms in total. The van der Waals surface area contributed by atoms with Gasteiger partial charge in [0, 0.05) is 55.7 Å². The van der Waals surface area contributed by atoms with Gasteiger partial charge in [0.25, 0.3) is 0 Å². The van der Waals surface area contributed by atoms with E-state index in [2.05, 4.69) is 43.7 Å². The lowest BCUT2D eigenvalue weighted by Gasteiger charge is -2.26. The van der Waals surface area contributed by atoms with E-state index in [1.807, 2.05) is 37.0 Å². The fraction of sp³-hybridized carbons (Fsp3) is 0.364. The molecule has 0 unspecified atom stereocenters. The van der Waals surface area contributed by atoms with Crippen LogP contribution in [0.1, 0.15) is 11.3 Å². The Kier molecular flexibility index (Phi) is 6.25. The van der Waals surface area contributed by atoms with E-state index in [1.54, 1.807) is 11.3 Å². The van der Waals surface area contributed by atoms with Crippen molar-refractivity contribution in [2.45, 2.75) is 0 Å². The highest BCUT2D eigenvalue weighted by atomic mass is 32.1. The van der Waals surface area contributed by atoms with Gasteiger partial charge in [-0.3, -0.25) is 4.90 Å². The molecule has 1 aliphatic heterocycles. The number of anilines is 1. The lowest BCUT2D eigenvalue weighted by atomic mass is 10.2. The maximum absolute atomic E-state index is 6.00. The smallest absolute Gasteiger partial charge is 0.249 e. The van der Waals surface area contributed by atoms with Crippen LogP contribution in [0.2, 0.25) is 0 Å². The third-order valence-corrected chi connectivity index (χ3v) is 5.46. The van der Waals surface area contributed by atoms with Crippen molar-refractivity contribution in [2.75, 3.05) is 58.5 Å². The van der Waals surface area contributed by atoms with Gasteiger partial charge in [-0.1, -0.05) is 5.92 Å². The van der Waals surface area contributed by atoms with Crippen molar-refractivity contribution in [1.29, 1.82) is 0 Å². The molecule has 0 bridgehead atoms. The minimum Gasteiger partial charge on any atom is -0.474 e. The van der Waals surface area contributed by atoms with E-state index in [4.69, 9.17) is 9.47 Å². The summed E-state index contributed by atoms with van der Waals surface area (Å²) in [6.07, 6.45) is 0. The van der Waals surface area contributed by atoms with E-state index in [0.717, 1.165) is 55.1 Å². The second kappa shape index (κ2) is 9.23. The molecule has 0 radical (unpaired) electrons. The fourth-order valence-corrected chi connectivity index (χ4v) is 3.71. The number of hydrogen-bond donors (Lipinski definition) is 0. The minimum absolute atomic E-state index is 0.501. The molecule has 1 aliphatic rings. The lowest BCUT2D eigenvalue weighted by molar-refractivity contribution is 0.0320. The number of thiophene rings is 1. The molecule has 2 aromatic heterocycles. The average molecular weight is 409 g/mol. The van der Waals surface area contributed by atoms with Crippen LogP contribution in [0.15, 0.2) is 35.0 Å². The molecule has 1 saturated heterocycles. The molecule has 0 N–H and O–H groups in total. The van der Waals surface area contributed by atoms with Crippen molar-refractivity contribution in [2.24, 2.45) is 0 Å². The Labute approximate surface area is 175 Å². The minimum atomic E-state index is 0.501. The summed E-state index contributed by atoms with van der Waals surface area (Å²) in [5.74, 6) is 6.85. The van der Waals surface area contributed by atoms with Crippen LogP contribution >= 0.6 is 11.3 Å². The molecule has 150 valence electrons. The quantitative estimate of drug-likeness (QED) is 0.605. The first kappa shape index (κ1) is 19.6.